The Morgan fingerprint density at radius 1 is 1.12 bits per heavy atom. The van der Waals surface area contributed by atoms with Crippen molar-refractivity contribution in [1.29, 1.82) is 0 Å². The lowest BCUT2D eigenvalue weighted by atomic mass is 9.78. The fourth-order valence-corrected chi connectivity index (χ4v) is 3.12. The summed E-state index contributed by atoms with van der Waals surface area (Å²) in [4.78, 5) is 0. The molecule has 0 radical (unpaired) electrons. The van der Waals surface area contributed by atoms with Gasteiger partial charge < -0.3 is 5.32 Å². The first-order valence-electron chi connectivity index (χ1n) is 7.06. The number of hydrogen-bond donors (Lipinski definition) is 1. The smallest absolute Gasteiger partial charge is 0.0374 e. The quantitative estimate of drug-likeness (QED) is 0.808. The molecule has 2 unspecified atom stereocenters. The van der Waals surface area contributed by atoms with Gasteiger partial charge in [0.15, 0.2) is 0 Å². The van der Waals surface area contributed by atoms with Crippen molar-refractivity contribution in [3.63, 3.8) is 0 Å². The molecule has 2 rings (SSSR count). The van der Waals surface area contributed by atoms with Crippen LogP contribution in [0.15, 0.2) is 24.3 Å². The summed E-state index contributed by atoms with van der Waals surface area (Å²) >= 11 is 0. The first kappa shape index (κ1) is 12.5. The highest BCUT2D eigenvalue weighted by atomic mass is 14.9. The average Bonchev–Trinajstić information content (AvgIpc) is 2.34. The summed E-state index contributed by atoms with van der Waals surface area (Å²) in [5.41, 5.74) is 2.79. The van der Waals surface area contributed by atoms with Crippen molar-refractivity contribution in [3.8, 4) is 0 Å². The Balaban J connectivity index is 2.13. The summed E-state index contributed by atoms with van der Waals surface area (Å²) < 4.78 is 0. The lowest BCUT2D eigenvalue weighted by Gasteiger charge is -2.36. The number of anilines is 1. The van der Waals surface area contributed by atoms with Crippen molar-refractivity contribution in [2.75, 3.05) is 5.32 Å². The van der Waals surface area contributed by atoms with Crippen molar-refractivity contribution < 1.29 is 0 Å². The minimum absolute atomic E-state index is 0.649. The Morgan fingerprint density at radius 2 is 1.76 bits per heavy atom. The van der Waals surface area contributed by atoms with Crippen LogP contribution in [0.5, 0.6) is 0 Å². The van der Waals surface area contributed by atoms with Crippen LogP contribution >= 0.6 is 0 Å². The molecule has 2 atom stereocenters. The van der Waals surface area contributed by atoms with Crippen molar-refractivity contribution in [2.24, 2.45) is 11.8 Å². The van der Waals surface area contributed by atoms with Gasteiger partial charge in [-0.1, -0.05) is 45.4 Å². The van der Waals surface area contributed by atoms with Gasteiger partial charge in [0.25, 0.3) is 0 Å². The molecular weight excluding hydrogens is 206 g/mol. The normalized spacial score (nSPS) is 29.0. The van der Waals surface area contributed by atoms with E-state index >= 15 is 0 Å². The van der Waals surface area contributed by atoms with Crippen molar-refractivity contribution >= 4 is 5.69 Å². The number of benzene rings is 1. The van der Waals surface area contributed by atoms with Crippen LogP contribution in [0, 0.1) is 11.8 Å². The lowest BCUT2D eigenvalue weighted by Crippen LogP contribution is -2.37. The SMILES string of the molecule is CCc1ccccc1NC1C(C)CCCC1C. The molecule has 1 N–H and O–H groups in total. The van der Waals surface area contributed by atoms with E-state index in [1.807, 2.05) is 0 Å². The van der Waals surface area contributed by atoms with Crippen LogP contribution in [-0.4, -0.2) is 6.04 Å². The van der Waals surface area contributed by atoms with Crippen LogP contribution in [-0.2, 0) is 6.42 Å². The monoisotopic (exact) mass is 231 g/mol. The molecule has 0 aliphatic heterocycles. The van der Waals surface area contributed by atoms with E-state index < -0.39 is 0 Å². The van der Waals surface area contributed by atoms with Crippen molar-refractivity contribution in [3.05, 3.63) is 29.8 Å². The molecular formula is C16H25N. The second kappa shape index (κ2) is 5.57. The van der Waals surface area contributed by atoms with Crippen LogP contribution in [0.1, 0.15) is 45.6 Å². The zero-order valence-corrected chi connectivity index (χ0v) is 11.4. The number of nitrogens with one attached hydrogen (secondary N) is 1. The average molecular weight is 231 g/mol. The minimum atomic E-state index is 0.649. The highest BCUT2D eigenvalue weighted by Crippen LogP contribution is 2.32. The van der Waals surface area contributed by atoms with E-state index in [1.165, 1.54) is 30.5 Å². The second-order valence-corrected chi connectivity index (χ2v) is 5.57. The summed E-state index contributed by atoms with van der Waals surface area (Å²) in [6.45, 7) is 7.01. The van der Waals surface area contributed by atoms with Gasteiger partial charge in [0, 0.05) is 11.7 Å². The molecule has 17 heavy (non-hydrogen) atoms. The van der Waals surface area contributed by atoms with E-state index in [0.29, 0.717) is 6.04 Å². The zero-order valence-electron chi connectivity index (χ0n) is 11.4. The Labute approximate surface area is 106 Å². The minimum Gasteiger partial charge on any atom is -0.382 e. The molecule has 1 aromatic rings. The predicted octanol–water partition coefficient (Wildman–Crippen LogP) is 4.49. The fourth-order valence-electron chi connectivity index (χ4n) is 3.12. The van der Waals surface area contributed by atoms with E-state index in [0.717, 1.165) is 18.3 Å². The molecule has 0 spiro atoms. The molecule has 1 heteroatoms. The van der Waals surface area contributed by atoms with Crippen LogP contribution in [0.25, 0.3) is 0 Å². The highest BCUT2D eigenvalue weighted by molar-refractivity contribution is 5.52. The molecule has 1 nitrogen and oxygen atoms in total. The molecule has 1 fully saturated rings. The maximum Gasteiger partial charge on any atom is 0.0374 e. The van der Waals surface area contributed by atoms with Gasteiger partial charge in [-0.15, -0.1) is 0 Å². The van der Waals surface area contributed by atoms with Crippen molar-refractivity contribution in [2.45, 2.75) is 52.5 Å². The molecule has 0 saturated heterocycles. The van der Waals surface area contributed by atoms with Gasteiger partial charge in [0.05, 0.1) is 0 Å². The second-order valence-electron chi connectivity index (χ2n) is 5.57. The van der Waals surface area contributed by atoms with Gasteiger partial charge in [0.2, 0.25) is 0 Å². The Morgan fingerprint density at radius 3 is 2.41 bits per heavy atom. The number of hydrogen-bond acceptors (Lipinski definition) is 1. The van der Waals surface area contributed by atoms with Crippen LogP contribution in [0.2, 0.25) is 0 Å². The lowest BCUT2D eigenvalue weighted by molar-refractivity contribution is 0.268. The van der Waals surface area contributed by atoms with E-state index in [1.54, 1.807) is 0 Å². The number of para-hydroxylation sites is 1. The van der Waals surface area contributed by atoms with Gasteiger partial charge in [-0.05, 0) is 42.7 Å². The standard InChI is InChI=1S/C16H25N/c1-4-14-10-5-6-11-15(14)17-16-12(2)8-7-9-13(16)3/h5-6,10-13,16-17H,4,7-9H2,1-3H3. The van der Waals surface area contributed by atoms with Crippen LogP contribution in [0.4, 0.5) is 5.69 Å². The maximum atomic E-state index is 3.80. The van der Waals surface area contributed by atoms with E-state index in [4.69, 9.17) is 0 Å². The predicted molar refractivity (Wildman–Crippen MR) is 75.4 cm³/mol. The fraction of sp³-hybridized carbons (Fsp3) is 0.625. The first-order chi connectivity index (χ1) is 8.22. The summed E-state index contributed by atoms with van der Waals surface area (Å²) in [5, 5.41) is 3.80. The Bertz CT molecular complexity index is 348. The van der Waals surface area contributed by atoms with Crippen LogP contribution in [0.3, 0.4) is 0 Å². The third kappa shape index (κ3) is 2.83. The van der Waals surface area contributed by atoms with Crippen molar-refractivity contribution in [1.82, 2.24) is 0 Å². The molecule has 1 aliphatic rings. The first-order valence-corrected chi connectivity index (χ1v) is 7.06. The van der Waals surface area contributed by atoms with Gasteiger partial charge in [-0.25, -0.2) is 0 Å². The van der Waals surface area contributed by atoms with E-state index in [2.05, 4.69) is 50.4 Å². The highest BCUT2D eigenvalue weighted by Gasteiger charge is 2.27. The maximum absolute atomic E-state index is 3.80. The van der Waals surface area contributed by atoms with E-state index in [-0.39, 0.29) is 0 Å². The molecule has 1 aliphatic carbocycles. The topological polar surface area (TPSA) is 12.0 Å². The Kier molecular flexibility index (Phi) is 4.09. The molecule has 0 bridgehead atoms. The molecule has 0 heterocycles. The third-order valence-corrected chi connectivity index (χ3v) is 4.27. The van der Waals surface area contributed by atoms with E-state index in [9.17, 15) is 0 Å². The number of aryl methyl sites for hydroxylation is 1. The Hall–Kier alpha value is -0.980. The van der Waals surface area contributed by atoms with Gasteiger partial charge in [0.1, 0.15) is 0 Å². The molecule has 0 amide bonds. The number of rotatable bonds is 3. The molecule has 0 aromatic heterocycles. The zero-order chi connectivity index (χ0) is 12.3. The summed E-state index contributed by atoms with van der Waals surface area (Å²) in [6.07, 6.45) is 5.25. The largest absolute Gasteiger partial charge is 0.382 e. The van der Waals surface area contributed by atoms with Gasteiger partial charge in [-0.3, -0.25) is 0 Å². The van der Waals surface area contributed by atoms with Gasteiger partial charge >= 0.3 is 0 Å². The van der Waals surface area contributed by atoms with Gasteiger partial charge in [-0.2, -0.15) is 0 Å². The molecule has 1 saturated carbocycles. The van der Waals surface area contributed by atoms with Crippen LogP contribution < -0.4 is 5.32 Å². The molecule has 94 valence electrons. The molecule has 1 aromatic carbocycles. The summed E-state index contributed by atoms with van der Waals surface area (Å²) in [7, 11) is 0. The summed E-state index contributed by atoms with van der Waals surface area (Å²) in [5.74, 6) is 1.59. The third-order valence-electron chi connectivity index (χ3n) is 4.27. The summed E-state index contributed by atoms with van der Waals surface area (Å²) in [6, 6.07) is 9.39.